The first kappa shape index (κ1) is 23.6. The van der Waals surface area contributed by atoms with Crippen LogP contribution in [-0.4, -0.2) is 64.0 Å². The second-order valence-corrected chi connectivity index (χ2v) is 7.68. The van der Waals surface area contributed by atoms with E-state index in [1.54, 1.807) is 24.3 Å². The van der Waals surface area contributed by atoms with Crippen LogP contribution in [0.4, 0.5) is 0 Å². The lowest BCUT2D eigenvalue weighted by Gasteiger charge is -2.24. The van der Waals surface area contributed by atoms with Gasteiger partial charge in [-0.1, -0.05) is 29.8 Å². The fraction of sp³-hybridized carbons (Fsp3) is 0.571. The molecule has 0 amide bonds. The van der Waals surface area contributed by atoms with Crippen LogP contribution in [0.5, 0.6) is 5.75 Å². The summed E-state index contributed by atoms with van der Waals surface area (Å²) in [5, 5.41) is 39.6. The maximum Gasteiger partial charge on any atom is 0.303 e. The molecular formula is C21H29ClO7. The molecule has 8 heteroatoms. The zero-order chi connectivity index (χ0) is 21.2. The molecule has 0 aromatic heterocycles. The first-order valence-electron chi connectivity index (χ1n) is 9.77. The first-order chi connectivity index (χ1) is 13.9. The highest BCUT2D eigenvalue weighted by molar-refractivity contribution is 6.30. The Labute approximate surface area is 175 Å². The quantitative estimate of drug-likeness (QED) is 0.298. The largest absolute Gasteiger partial charge is 0.491 e. The van der Waals surface area contributed by atoms with Gasteiger partial charge in [0.2, 0.25) is 0 Å². The highest BCUT2D eigenvalue weighted by atomic mass is 35.5. The van der Waals surface area contributed by atoms with Crippen molar-refractivity contribution >= 4 is 17.6 Å². The van der Waals surface area contributed by atoms with Gasteiger partial charge in [-0.15, -0.1) is 0 Å². The Kier molecular flexibility index (Phi) is 9.90. The third kappa shape index (κ3) is 8.32. The van der Waals surface area contributed by atoms with Gasteiger partial charge in [0.05, 0.1) is 24.9 Å². The van der Waals surface area contributed by atoms with Gasteiger partial charge in [-0.05, 0) is 37.5 Å². The van der Waals surface area contributed by atoms with Crippen molar-refractivity contribution in [2.24, 2.45) is 5.92 Å². The van der Waals surface area contributed by atoms with Crippen LogP contribution < -0.4 is 4.74 Å². The zero-order valence-corrected chi connectivity index (χ0v) is 16.9. The van der Waals surface area contributed by atoms with Crippen molar-refractivity contribution < 1.29 is 34.7 Å². The molecule has 0 radical (unpaired) electrons. The van der Waals surface area contributed by atoms with Crippen LogP contribution in [0.2, 0.25) is 5.02 Å². The molecule has 1 aliphatic carbocycles. The van der Waals surface area contributed by atoms with Crippen LogP contribution in [0.3, 0.4) is 0 Å². The molecule has 1 saturated carbocycles. The summed E-state index contributed by atoms with van der Waals surface area (Å²) in [4.78, 5) is 10.5. The van der Waals surface area contributed by atoms with Gasteiger partial charge in [0.25, 0.3) is 0 Å². The molecule has 0 aliphatic heterocycles. The van der Waals surface area contributed by atoms with Crippen LogP contribution in [0.15, 0.2) is 36.4 Å². The Morgan fingerprint density at radius 2 is 2.03 bits per heavy atom. The molecule has 0 unspecified atom stereocenters. The second kappa shape index (κ2) is 12.1. The van der Waals surface area contributed by atoms with Crippen molar-refractivity contribution in [2.75, 3.05) is 13.2 Å². The third-order valence-electron chi connectivity index (χ3n) is 4.83. The number of allylic oxidation sites excluding steroid dienone is 2. The number of aliphatic hydroxyl groups is 3. The summed E-state index contributed by atoms with van der Waals surface area (Å²) < 4.78 is 11.2. The monoisotopic (exact) mass is 428 g/mol. The number of aliphatic hydroxyl groups excluding tert-OH is 3. The summed E-state index contributed by atoms with van der Waals surface area (Å²) >= 11 is 5.89. The first-order valence-corrected chi connectivity index (χ1v) is 10.2. The third-order valence-corrected chi connectivity index (χ3v) is 5.07. The number of benzene rings is 1. The molecule has 162 valence electrons. The molecule has 1 fully saturated rings. The van der Waals surface area contributed by atoms with E-state index >= 15 is 0 Å². The van der Waals surface area contributed by atoms with Crippen molar-refractivity contribution in [3.8, 4) is 5.75 Å². The van der Waals surface area contributed by atoms with Gasteiger partial charge in [-0.25, -0.2) is 0 Å². The minimum absolute atomic E-state index is 0.0137. The lowest BCUT2D eigenvalue weighted by molar-refractivity contribution is -0.137. The Hall–Kier alpha value is -1.64. The van der Waals surface area contributed by atoms with E-state index in [-0.39, 0.29) is 32.0 Å². The van der Waals surface area contributed by atoms with Crippen molar-refractivity contribution in [3.63, 3.8) is 0 Å². The average Bonchev–Trinajstić information content (AvgIpc) is 2.93. The summed E-state index contributed by atoms with van der Waals surface area (Å²) in [5.41, 5.74) is 0. The molecule has 0 bridgehead atoms. The minimum Gasteiger partial charge on any atom is -0.491 e. The van der Waals surface area contributed by atoms with Crippen LogP contribution in [0, 0.1) is 5.92 Å². The number of carboxylic acids is 1. The van der Waals surface area contributed by atoms with Crippen molar-refractivity contribution in [1.29, 1.82) is 0 Å². The molecule has 4 N–H and O–H groups in total. The number of hydrogen-bond acceptors (Lipinski definition) is 6. The topological polar surface area (TPSA) is 116 Å². The van der Waals surface area contributed by atoms with Crippen LogP contribution in [0.25, 0.3) is 0 Å². The van der Waals surface area contributed by atoms with Gasteiger partial charge in [-0.2, -0.15) is 0 Å². The fourth-order valence-electron chi connectivity index (χ4n) is 3.35. The molecule has 0 saturated heterocycles. The number of unbranched alkanes of at least 4 members (excludes halogenated alkanes) is 1. The Bertz CT molecular complexity index is 666. The van der Waals surface area contributed by atoms with Crippen molar-refractivity contribution in [1.82, 2.24) is 0 Å². The molecule has 2 rings (SSSR count). The Balaban J connectivity index is 1.75. The standard InChI is InChI=1S/C21H29ClO7/c22-14-6-5-7-16(10-14)28-12-15(23)13-29-21-17(18(24)11-19(21)25)8-3-1-2-4-9-20(26)27/h1,3,5-7,10,15,17-19,21,23-25H,2,4,8-9,11-13H2,(H,26,27)/t15-,17+,18+,19-,21-/m1/s1. The van der Waals surface area contributed by atoms with Crippen LogP contribution in [0.1, 0.15) is 32.1 Å². The highest BCUT2D eigenvalue weighted by Gasteiger charge is 2.42. The van der Waals surface area contributed by atoms with Crippen LogP contribution >= 0.6 is 11.6 Å². The lowest BCUT2D eigenvalue weighted by atomic mass is 9.98. The molecule has 5 atom stereocenters. The van der Waals surface area contributed by atoms with E-state index in [1.807, 2.05) is 12.2 Å². The molecule has 1 aromatic rings. The van der Waals surface area contributed by atoms with E-state index in [4.69, 9.17) is 26.2 Å². The van der Waals surface area contributed by atoms with Gasteiger partial charge >= 0.3 is 5.97 Å². The smallest absolute Gasteiger partial charge is 0.303 e. The van der Waals surface area contributed by atoms with E-state index in [0.717, 1.165) is 0 Å². The maximum absolute atomic E-state index is 10.5. The summed E-state index contributed by atoms with van der Waals surface area (Å²) in [6.07, 6.45) is 2.81. The van der Waals surface area contributed by atoms with E-state index in [1.165, 1.54) is 0 Å². The summed E-state index contributed by atoms with van der Waals surface area (Å²) in [5.74, 6) is -0.570. The number of aliphatic carboxylic acids is 1. The van der Waals surface area contributed by atoms with Gasteiger partial charge < -0.3 is 29.9 Å². The van der Waals surface area contributed by atoms with Crippen molar-refractivity contribution in [3.05, 3.63) is 41.4 Å². The van der Waals surface area contributed by atoms with E-state index in [9.17, 15) is 20.1 Å². The van der Waals surface area contributed by atoms with E-state index < -0.39 is 30.4 Å². The molecular weight excluding hydrogens is 400 g/mol. The summed E-state index contributed by atoms with van der Waals surface area (Å²) in [7, 11) is 0. The molecule has 1 aliphatic rings. The summed E-state index contributed by atoms with van der Waals surface area (Å²) in [6.45, 7) is -0.0201. The van der Waals surface area contributed by atoms with Gasteiger partial charge in [0, 0.05) is 23.8 Å². The average molecular weight is 429 g/mol. The van der Waals surface area contributed by atoms with Gasteiger partial charge in [0.15, 0.2) is 0 Å². The Morgan fingerprint density at radius 3 is 2.76 bits per heavy atom. The zero-order valence-electron chi connectivity index (χ0n) is 16.2. The fourth-order valence-corrected chi connectivity index (χ4v) is 3.53. The SMILES string of the molecule is O=C(O)CCCC=CC[C@@H]1[C@@H](OC[C@H](O)COc2cccc(Cl)c2)[C@H](O)C[C@@H]1O. The number of halogens is 1. The predicted molar refractivity (Wildman–Crippen MR) is 108 cm³/mol. The number of rotatable bonds is 12. The Morgan fingerprint density at radius 1 is 1.24 bits per heavy atom. The highest BCUT2D eigenvalue weighted by Crippen LogP contribution is 2.32. The van der Waals surface area contributed by atoms with E-state index in [2.05, 4.69) is 0 Å². The normalized spacial score (nSPS) is 25.4. The van der Waals surface area contributed by atoms with Crippen molar-refractivity contribution in [2.45, 2.75) is 56.5 Å². The molecule has 7 nitrogen and oxygen atoms in total. The second-order valence-electron chi connectivity index (χ2n) is 7.25. The molecule has 0 spiro atoms. The van der Waals surface area contributed by atoms with Gasteiger partial charge in [-0.3, -0.25) is 4.79 Å². The molecule has 0 heterocycles. The van der Waals surface area contributed by atoms with E-state index in [0.29, 0.717) is 30.0 Å². The number of ether oxygens (including phenoxy) is 2. The number of carbonyl (C=O) groups is 1. The van der Waals surface area contributed by atoms with Crippen LogP contribution in [-0.2, 0) is 9.53 Å². The predicted octanol–water partition coefficient (Wildman–Crippen LogP) is 2.41. The maximum atomic E-state index is 10.5. The molecule has 29 heavy (non-hydrogen) atoms. The summed E-state index contributed by atoms with van der Waals surface area (Å²) in [6, 6.07) is 6.85. The number of hydrogen-bond donors (Lipinski definition) is 4. The minimum atomic E-state index is -0.897. The number of carboxylic acid groups (broad SMARTS) is 1. The molecule has 1 aromatic carbocycles. The lowest BCUT2D eigenvalue weighted by Crippen LogP contribution is -2.34. The van der Waals surface area contributed by atoms with Gasteiger partial charge in [0.1, 0.15) is 18.5 Å².